The summed E-state index contributed by atoms with van der Waals surface area (Å²) >= 11 is 0. The number of carbonyl (C=O) groups is 2. The van der Waals surface area contributed by atoms with Crippen LogP contribution >= 0.6 is 0 Å². The second-order valence-corrected chi connectivity index (χ2v) is 6.60. The lowest BCUT2D eigenvalue weighted by atomic mass is 9.91. The molecule has 0 aliphatic carbocycles. The summed E-state index contributed by atoms with van der Waals surface area (Å²) in [5.74, 6) is -0.0540. The lowest BCUT2D eigenvalue weighted by molar-refractivity contribution is -0.146. The van der Waals surface area contributed by atoms with E-state index in [4.69, 9.17) is 4.74 Å². The number of Topliss-reactive ketones (excluding diaryl/α,β-unsaturated/α-hetero) is 1. The standard InChI is InChI=1S/C20H38O3/c1-4-7-10-12-15-19(21)18(14-9-6-3)17-20(22)23-16-13-11-8-5-2/h18H,4-17H2,1-3H3. The normalized spacial score (nSPS) is 12.1. The summed E-state index contributed by atoms with van der Waals surface area (Å²) in [6, 6.07) is 0. The molecule has 1 unspecified atom stereocenters. The van der Waals surface area contributed by atoms with Crippen molar-refractivity contribution in [2.24, 2.45) is 5.92 Å². The van der Waals surface area contributed by atoms with Gasteiger partial charge in [0.15, 0.2) is 0 Å². The predicted molar refractivity (Wildman–Crippen MR) is 96.5 cm³/mol. The Morgan fingerprint density at radius 2 is 1.39 bits per heavy atom. The molecule has 3 heteroatoms. The zero-order chi connectivity index (χ0) is 17.3. The first-order valence-corrected chi connectivity index (χ1v) is 9.83. The molecule has 136 valence electrons. The van der Waals surface area contributed by atoms with Crippen molar-refractivity contribution >= 4 is 11.8 Å². The number of ketones is 1. The Kier molecular flexibility index (Phi) is 15.4. The Balaban J connectivity index is 4.09. The summed E-state index contributed by atoms with van der Waals surface area (Å²) < 4.78 is 5.30. The number of carbonyl (C=O) groups excluding carboxylic acids is 2. The molecule has 0 heterocycles. The van der Waals surface area contributed by atoms with Crippen LogP contribution in [0.15, 0.2) is 0 Å². The number of unbranched alkanes of at least 4 members (excludes halogenated alkanes) is 7. The summed E-state index contributed by atoms with van der Waals surface area (Å²) in [5.41, 5.74) is 0. The number of hydrogen-bond donors (Lipinski definition) is 0. The lowest BCUT2D eigenvalue weighted by Crippen LogP contribution is -2.20. The Hall–Kier alpha value is -0.860. The second kappa shape index (κ2) is 16.0. The van der Waals surface area contributed by atoms with Gasteiger partial charge in [0.25, 0.3) is 0 Å². The van der Waals surface area contributed by atoms with Gasteiger partial charge >= 0.3 is 5.97 Å². The minimum absolute atomic E-state index is 0.125. The quantitative estimate of drug-likeness (QED) is 0.264. The summed E-state index contributed by atoms with van der Waals surface area (Å²) in [5, 5.41) is 0. The van der Waals surface area contributed by atoms with E-state index in [1.807, 2.05) is 0 Å². The highest BCUT2D eigenvalue weighted by atomic mass is 16.5. The second-order valence-electron chi connectivity index (χ2n) is 6.60. The van der Waals surface area contributed by atoms with Gasteiger partial charge in [-0.15, -0.1) is 0 Å². The van der Waals surface area contributed by atoms with Crippen molar-refractivity contribution in [3.8, 4) is 0 Å². The first-order valence-electron chi connectivity index (χ1n) is 9.83. The molecule has 0 aromatic rings. The van der Waals surface area contributed by atoms with E-state index in [9.17, 15) is 9.59 Å². The van der Waals surface area contributed by atoms with Crippen molar-refractivity contribution in [3.05, 3.63) is 0 Å². The van der Waals surface area contributed by atoms with Gasteiger partial charge in [0.05, 0.1) is 13.0 Å². The molecule has 0 radical (unpaired) electrons. The molecule has 0 aliphatic rings. The van der Waals surface area contributed by atoms with Crippen LogP contribution in [0.4, 0.5) is 0 Å². The number of hydrogen-bond acceptors (Lipinski definition) is 3. The zero-order valence-corrected chi connectivity index (χ0v) is 15.7. The molecule has 0 fully saturated rings. The smallest absolute Gasteiger partial charge is 0.306 e. The van der Waals surface area contributed by atoms with Crippen LogP contribution < -0.4 is 0 Å². The Labute approximate surface area is 143 Å². The van der Waals surface area contributed by atoms with Crippen molar-refractivity contribution < 1.29 is 14.3 Å². The fourth-order valence-electron chi connectivity index (χ4n) is 2.73. The van der Waals surface area contributed by atoms with Crippen molar-refractivity contribution in [1.29, 1.82) is 0 Å². The summed E-state index contributed by atoms with van der Waals surface area (Å²) in [6.45, 7) is 6.96. The highest BCUT2D eigenvalue weighted by Gasteiger charge is 2.21. The SMILES string of the molecule is CCCCCCOC(=O)CC(CCCC)C(=O)CCCCCC. The monoisotopic (exact) mass is 326 g/mol. The molecule has 0 N–H and O–H groups in total. The molecule has 0 aliphatic heterocycles. The third-order valence-electron chi connectivity index (χ3n) is 4.31. The average Bonchev–Trinajstić information content (AvgIpc) is 2.55. The van der Waals surface area contributed by atoms with Crippen LogP contribution in [-0.4, -0.2) is 18.4 Å². The van der Waals surface area contributed by atoms with Gasteiger partial charge in [-0.1, -0.05) is 72.1 Å². The van der Waals surface area contributed by atoms with E-state index in [0.717, 1.165) is 44.9 Å². The van der Waals surface area contributed by atoms with Crippen molar-refractivity contribution in [3.63, 3.8) is 0 Å². The molecule has 0 saturated heterocycles. The van der Waals surface area contributed by atoms with Crippen LogP contribution in [-0.2, 0) is 14.3 Å². The van der Waals surface area contributed by atoms with E-state index >= 15 is 0 Å². The fourth-order valence-corrected chi connectivity index (χ4v) is 2.73. The molecule has 0 saturated carbocycles. The minimum atomic E-state index is -0.190. The molecule has 0 spiro atoms. The molecule has 0 bridgehead atoms. The zero-order valence-electron chi connectivity index (χ0n) is 15.7. The Morgan fingerprint density at radius 1 is 0.783 bits per heavy atom. The van der Waals surface area contributed by atoms with Crippen LogP contribution in [0.3, 0.4) is 0 Å². The summed E-state index contributed by atoms with van der Waals surface area (Å²) in [6.07, 6.45) is 12.7. The van der Waals surface area contributed by atoms with Gasteiger partial charge in [0, 0.05) is 12.3 Å². The van der Waals surface area contributed by atoms with Crippen molar-refractivity contribution in [2.75, 3.05) is 6.61 Å². The molecular formula is C20H38O3. The number of ether oxygens (including phenoxy) is 1. The Morgan fingerprint density at radius 3 is 2.00 bits per heavy atom. The molecule has 0 rings (SSSR count). The molecule has 0 amide bonds. The van der Waals surface area contributed by atoms with E-state index in [-0.39, 0.29) is 24.1 Å². The maximum Gasteiger partial charge on any atom is 0.306 e. The first kappa shape index (κ1) is 22.1. The molecule has 0 aromatic heterocycles. The highest BCUT2D eigenvalue weighted by molar-refractivity contribution is 5.85. The van der Waals surface area contributed by atoms with Gasteiger partial charge in [0.1, 0.15) is 5.78 Å². The third-order valence-corrected chi connectivity index (χ3v) is 4.31. The Bertz CT molecular complexity index is 299. The van der Waals surface area contributed by atoms with Crippen LogP contribution in [0.25, 0.3) is 0 Å². The van der Waals surface area contributed by atoms with Gasteiger partial charge < -0.3 is 4.74 Å². The topological polar surface area (TPSA) is 43.4 Å². The van der Waals surface area contributed by atoms with Gasteiger partial charge in [-0.3, -0.25) is 9.59 Å². The van der Waals surface area contributed by atoms with E-state index in [1.54, 1.807) is 0 Å². The van der Waals surface area contributed by atoms with E-state index in [0.29, 0.717) is 13.0 Å². The molecule has 3 nitrogen and oxygen atoms in total. The van der Waals surface area contributed by atoms with Crippen LogP contribution in [0.5, 0.6) is 0 Å². The van der Waals surface area contributed by atoms with Crippen molar-refractivity contribution in [2.45, 2.75) is 104 Å². The number of esters is 1. The van der Waals surface area contributed by atoms with Gasteiger partial charge in [-0.05, 0) is 19.3 Å². The van der Waals surface area contributed by atoms with E-state index in [2.05, 4.69) is 20.8 Å². The number of rotatable bonds is 16. The average molecular weight is 327 g/mol. The molecule has 1 atom stereocenters. The van der Waals surface area contributed by atoms with E-state index < -0.39 is 0 Å². The third kappa shape index (κ3) is 13.3. The summed E-state index contributed by atoms with van der Waals surface area (Å²) in [4.78, 5) is 24.3. The van der Waals surface area contributed by atoms with Crippen LogP contribution in [0, 0.1) is 5.92 Å². The predicted octanol–water partition coefficient (Wildman–Crippen LogP) is 5.85. The minimum Gasteiger partial charge on any atom is -0.466 e. The highest BCUT2D eigenvalue weighted by Crippen LogP contribution is 2.19. The van der Waals surface area contributed by atoms with Gasteiger partial charge in [0.2, 0.25) is 0 Å². The lowest BCUT2D eigenvalue weighted by Gasteiger charge is -2.15. The van der Waals surface area contributed by atoms with Crippen molar-refractivity contribution in [1.82, 2.24) is 0 Å². The van der Waals surface area contributed by atoms with Gasteiger partial charge in [-0.2, -0.15) is 0 Å². The van der Waals surface area contributed by atoms with Gasteiger partial charge in [-0.25, -0.2) is 0 Å². The summed E-state index contributed by atoms with van der Waals surface area (Å²) in [7, 11) is 0. The maximum atomic E-state index is 12.4. The first-order chi connectivity index (χ1) is 11.2. The molecular weight excluding hydrogens is 288 g/mol. The molecule has 23 heavy (non-hydrogen) atoms. The maximum absolute atomic E-state index is 12.4. The fraction of sp³-hybridized carbons (Fsp3) is 0.900. The largest absolute Gasteiger partial charge is 0.466 e. The molecule has 0 aromatic carbocycles. The van der Waals surface area contributed by atoms with Crippen LogP contribution in [0.1, 0.15) is 104 Å². The van der Waals surface area contributed by atoms with E-state index in [1.165, 1.54) is 25.7 Å². The van der Waals surface area contributed by atoms with Crippen LogP contribution in [0.2, 0.25) is 0 Å².